The van der Waals surface area contributed by atoms with E-state index in [9.17, 15) is 4.79 Å². The Bertz CT molecular complexity index is 912. The van der Waals surface area contributed by atoms with Gasteiger partial charge in [-0.1, -0.05) is 18.6 Å². The van der Waals surface area contributed by atoms with Crippen molar-refractivity contribution in [1.29, 1.82) is 0 Å². The van der Waals surface area contributed by atoms with Gasteiger partial charge in [0.05, 0.1) is 5.56 Å². The van der Waals surface area contributed by atoms with Gasteiger partial charge in [0.25, 0.3) is 0 Å². The molecule has 1 N–H and O–H groups in total. The third kappa shape index (κ3) is 3.07. The number of hydrogen-bond donors (Lipinski definition) is 1. The molecule has 1 saturated carbocycles. The van der Waals surface area contributed by atoms with Crippen LogP contribution >= 0.6 is 0 Å². The standard InChI is InChI=1S/C22H23N3O2/c26-22(15-6-5-7-15)23-16-10-11-19-17(14-16)21(25-12-3-4-13-25)24-18-8-1-2-9-20(18)27-19/h1-2,8-11,14-15H,3-7,12-13H2,(H,23,26). The third-order valence-corrected chi connectivity index (χ3v) is 5.68. The number of para-hydroxylation sites is 2. The lowest BCUT2D eigenvalue weighted by Gasteiger charge is -2.25. The van der Waals surface area contributed by atoms with E-state index < -0.39 is 0 Å². The van der Waals surface area contributed by atoms with Crippen LogP contribution in [0.15, 0.2) is 47.5 Å². The smallest absolute Gasteiger partial charge is 0.227 e. The molecule has 1 amide bonds. The van der Waals surface area contributed by atoms with E-state index in [-0.39, 0.29) is 11.8 Å². The maximum absolute atomic E-state index is 12.4. The van der Waals surface area contributed by atoms with Gasteiger partial charge >= 0.3 is 0 Å². The van der Waals surface area contributed by atoms with E-state index in [1.54, 1.807) is 0 Å². The third-order valence-electron chi connectivity index (χ3n) is 5.68. The van der Waals surface area contributed by atoms with Crippen molar-refractivity contribution >= 4 is 23.1 Å². The van der Waals surface area contributed by atoms with Crippen LogP contribution in [0.1, 0.15) is 37.7 Å². The molecule has 2 fully saturated rings. The van der Waals surface area contributed by atoms with Crippen molar-refractivity contribution in [3.8, 4) is 11.5 Å². The molecule has 5 heteroatoms. The van der Waals surface area contributed by atoms with Crippen LogP contribution in [0.3, 0.4) is 0 Å². The highest BCUT2D eigenvalue weighted by atomic mass is 16.5. The number of anilines is 1. The number of rotatable bonds is 2. The highest BCUT2D eigenvalue weighted by Gasteiger charge is 2.27. The Morgan fingerprint density at radius 2 is 1.85 bits per heavy atom. The summed E-state index contributed by atoms with van der Waals surface area (Å²) >= 11 is 0. The Morgan fingerprint density at radius 3 is 2.63 bits per heavy atom. The normalized spacial score (nSPS) is 18.5. The summed E-state index contributed by atoms with van der Waals surface area (Å²) in [6.45, 7) is 2.00. The Labute approximate surface area is 159 Å². The van der Waals surface area contributed by atoms with Gasteiger partial charge in [0.2, 0.25) is 5.91 Å². The maximum Gasteiger partial charge on any atom is 0.227 e. The van der Waals surface area contributed by atoms with Gasteiger partial charge in [-0.25, -0.2) is 4.99 Å². The largest absolute Gasteiger partial charge is 0.454 e. The Balaban J connectivity index is 1.54. The van der Waals surface area contributed by atoms with Crippen LogP contribution in [0.2, 0.25) is 0 Å². The fourth-order valence-corrected chi connectivity index (χ4v) is 3.88. The molecule has 27 heavy (non-hydrogen) atoms. The Morgan fingerprint density at radius 1 is 1.04 bits per heavy atom. The highest BCUT2D eigenvalue weighted by Crippen LogP contribution is 2.39. The van der Waals surface area contributed by atoms with Crippen LogP contribution in [-0.4, -0.2) is 29.7 Å². The second-order valence-corrected chi connectivity index (χ2v) is 7.53. The Kier molecular flexibility index (Phi) is 4.07. The minimum atomic E-state index is 0.124. The van der Waals surface area contributed by atoms with E-state index in [0.717, 1.165) is 66.6 Å². The number of carbonyl (C=O) groups excluding carboxylic acids is 1. The van der Waals surface area contributed by atoms with Gasteiger partial charge in [0.15, 0.2) is 5.75 Å². The molecule has 5 rings (SSSR count). The lowest BCUT2D eigenvalue weighted by atomic mass is 9.85. The summed E-state index contributed by atoms with van der Waals surface area (Å²) < 4.78 is 6.18. The summed E-state index contributed by atoms with van der Waals surface area (Å²) in [6.07, 6.45) is 5.50. The second-order valence-electron chi connectivity index (χ2n) is 7.53. The number of amidine groups is 1. The molecule has 2 aromatic rings. The second kappa shape index (κ2) is 6.72. The highest BCUT2D eigenvalue weighted by molar-refractivity contribution is 6.05. The number of benzene rings is 2. The van der Waals surface area contributed by atoms with Crippen LogP contribution in [0.5, 0.6) is 11.5 Å². The predicted octanol–water partition coefficient (Wildman–Crippen LogP) is 4.71. The number of hydrogen-bond acceptors (Lipinski definition) is 4. The molecule has 0 spiro atoms. The summed E-state index contributed by atoms with van der Waals surface area (Å²) in [5.41, 5.74) is 2.60. The lowest BCUT2D eigenvalue weighted by Crippen LogP contribution is -2.29. The Hall–Kier alpha value is -2.82. The van der Waals surface area contributed by atoms with Crippen molar-refractivity contribution in [3.05, 3.63) is 48.0 Å². The van der Waals surface area contributed by atoms with Crippen LogP contribution < -0.4 is 10.1 Å². The molecule has 0 bridgehead atoms. The fourth-order valence-electron chi connectivity index (χ4n) is 3.88. The first-order valence-electron chi connectivity index (χ1n) is 9.84. The molecule has 0 radical (unpaired) electrons. The molecule has 1 saturated heterocycles. The number of likely N-dealkylation sites (tertiary alicyclic amines) is 1. The number of ether oxygens (including phenoxy) is 1. The SMILES string of the molecule is O=C(Nc1ccc2c(c1)C(N1CCCC1)=Nc1ccccc1O2)C1CCC1. The fraction of sp³-hybridized carbons (Fsp3) is 0.364. The van der Waals surface area contributed by atoms with Gasteiger partial charge in [0, 0.05) is 24.7 Å². The van der Waals surface area contributed by atoms with Crippen LogP contribution in [0.4, 0.5) is 11.4 Å². The topological polar surface area (TPSA) is 53.9 Å². The minimum absolute atomic E-state index is 0.124. The van der Waals surface area contributed by atoms with E-state index in [1.807, 2.05) is 42.5 Å². The number of carbonyl (C=O) groups is 1. The van der Waals surface area contributed by atoms with E-state index >= 15 is 0 Å². The number of nitrogens with one attached hydrogen (secondary N) is 1. The summed E-state index contributed by atoms with van der Waals surface area (Å²) in [5, 5.41) is 3.08. The molecule has 2 heterocycles. The molecule has 0 unspecified atom stereocenters. The molecule has 0 aromatic heterocycles. The molecule has 2 aromatic carbocycles. The number of fused-ring (bicyclic) bond motifs is 2. The van der Waals surface area contributed by atoms with Crippen molar-refractivity contribution in [2.75, 3.05) is 18.4 Å². The zero-order valence-corrected chi connectivity index (χ0v) is 15.3. The van der Waals surface area contributed by atoms with Gasteiger partial charge in [-0.3, -0.25) is 4.79 Å². The molecule has 3 aliphatic rings. The van der Waals surface area contributed by atoms with E-state index in [1.165, 1.54) is 12.8 Å². The van der Waals surface area contributed by atoms with Crippen LogP contribution in [0.25, 0.3) is 0 Å². The van der Waals surface area contributed by atoms with Crippen molar-refractivity contribution in [2.24, 2.45) is 10.9 Å². The summed E-state index contributed by atoms with van der Waals surface area (Å²) in [5.74, 6) is 2.77. The van der Waals surface area contributed by atoms with Crippen molar-refractivity contribution in [1.82, 2.24) is 4.90 Å². The quantitative estimate of drug-likeness (QED) is 0.843. The molecule has 138 valence electrons. The maximum atomic E-state index is 12.4. The molecular formula is C22H23N3O2. The first-order chi connectivity index (χ1) is 13.3. The van der Waals surface area contributed by atoms with Gasteiger partial charge in [-0.2, -0.15) is 0 Å². The molecule has 5 nitrogen and oxygen atoms in total. The zero-order chi connectivity index (χ0) is 18.2. The van der Waals surface area contributed by atoms with Crippen LogP contribution in [-0.2, 0) is 4.79 Å². The summed E-state index contributed by atoms with van der Waals surface area (Å²) in [7, 11) is 0. The van der Waals surface area contributed by atoms with Gasteiger partial charge in [0.1, 0.15) is 17.3 Å². The van der Waals surface area contributed by atoms with Crippen molar-refractivity contribution in [2.45, 2.75) is 32.1 Å². The van der Waals surface area contributed by atoms with Gasteiger partial charge < -0.3 is 15.0 Å². The monoisotopic (exact) mass is 361 g/mol. The first-order valence-corrected chi connectivity index (χ1v) is 9.84. The van der Waals surface area contributed by atoms with E-state index in [0.29, 0.717) is 0 Å². The first kappa shape index (κ1) is 16.4. The number of nitrogens with zero attached hydrogens (tertiary/aromatic N) is 2. The molecule has 0 atom stereocenters. The van der Waals surface area contributed by atoms with Crippen molar-refractivity contribution in [3.63, 3.8) is 0 Å². The van der Waals surface area contributed by atoms with Crippen LogP contribution in [0, 0.1) is 5.92 Å². The number of aliphatic imine (C=N–C) groups is 1. The zero-order valence-electron chi connectivity index (χ0n) is 15.3. The molecule has 2 aliphatic heterocycles. The molecular weight excluding hydrogens is 338 g/mol. The predicted molar refractivity (Wildman–Crippen MR) is 106 cm³/mol. The molecule has 1 aliphatic carbocycles. The van der Waals surface area contributed by atoms with Gasteiger partial charge in [-0.05, 0) is 56.0 Å². The average molecular weight is 361 g/mol. The van der Waals surface area contributed by atoms with Crippen molar-refractivity contribution < 1.29 is 9.53 Å². The van der Waals surface area contributed by atoms with Gasteiger partial charge in [-0.15, -0.1) is 0 Å². The van der Waals surface area contributed by atoms with E-state index in [2.05, 4.69) is 10.2 Å². The average Bonchev–Trinajstić information content (AvgIpc) is 3.10. The lowest BCUT2D eigenvalue weighted by molar-refractivity contribution is -0.122. The van der Waals surface area contributed by atoms with E-state index in [4.69, 9.17) is 9.73 Å². The minimum Gasteiger partial charge on any atom is -0.454 e. The summed E-state index contributed by atoms with van der Waals surface area (Å²) in [6, 6.07) is 13.7. The number of amides is 1. The summed E-state index contributed by atoms with van der Waals surface area (Å²) in [4.78, 5) is 19.6.